The first-order valence-electron chi connectivity index (χ1n) is 11.5. The Balaban J connectivity index is 1.75. The molecule has 0 aliphatic carbocycles. The number of benzene rings is 2. The Morgan fingerprint density at radius 2 is 1.57 bits per heavy atom. The number of hydrogen-bond acceptors (Lipinski definition) is 3. The smallest absolute Gasteiger partial charge is 0.294 e. The van der Waals surface area contributed by atoms with Gasteiger partial charge in [-0.15, -0.1) is 0 Å². The molecule has 0 fully saturated rings. The Morgan fingerprint density at radius 1 is 0.886 bits per heavy atom. The molecule has 35 heavy (non-hydrogen) atoms. The lowest BCUT2D eigenvalue weighted by Gasteiger charge is -2.24. The van der Waals surface area contributed by atoms with E-state index in [2.05, 4.69) is 30.7 Å². The molecular weight excluding hydrogens is 449 g/mol. The van der Waals surface area contributed by atoms with Crippen molar-refractivity contribution in [3.05, 3.63) is 107 Å². The Labute approximate surface area is 203 Å². The molecule has 3 nitrogen and oxygen atoms in total. The summed E-state index contributed by atoms with van der Waals surface area (Å²) < 4.78 is 39.5. The summed E-state index contributed by atoms with van der Waals surface area (Å²) in [4.78, 5) is 22.4. The summed E-state index contributed by atoms with van der Waals surface area (Å²) in [5, 5.41) is 0.857. The average molecular weight is 477 g/mol. The number of aromatic nitrogens is 2. The Hall–Kier alpha value is -3.54. The fraction of sp³-hybridized carbons (Fsp3) is 0.276. The fourth-order valence-corrected chi connectivity index (χ4v) is 4.31. The van der Waals surface area contributed by atoms with E-state index in [0.29, 0.717) is 11.1 Å². The fourth-order valence-electron chi connectivity index (χ4n) is 4.31. The van der Waals surface area contributed by atoms with Crippen LogP contribution in [0, 0.1) is 5.41 Å². The summed E-state index contributed by atoms with van der Waals surface area (Å²) in [7, 11) is 0. The van der Waals surface area contributed by atoms with Crippen LogP contribution in [0.3, 0.4) is 0 Å². The molecule has 0 N–H and O–H groups in total. The molecule has 0 saturated heterocycles. The number of fused-ring (bicyclic) bond motifs is 1. The third-order valence-corrected chi connectivity index (χ3v) is 5.93. The molecule has 2 aromatic carbocycles. The highest BCUT2D eigenvalue weighted by molar-refractivity contribution is 6.00. The second-order valence-corrected chi connectivity index (χ2v) is 10.00. The molecule has 2 heterocycles. The molecular formula is C29H27F3N2O. The number of carbonyl (C=O) groups is 1. The number of rotatable bonds is 6. The molecule has 1 atom stereocenters. The first-order chi connectivity index (χ1) is 16.5. The van der Waals surface area contributed by atoms with Gasteiger partial charge in [0.1, 0.15) is 0 Å². The van der Waals surface area contributed by atoms with E-state index in [1.165, 1.54) is 12.1 Å². The van der Waals surface area contributed by atoms with Gasteiger partial charge in [0.05, 0.1) is 16.8 Å². The number of alkyl halides is 3. The van der Waals surface area contributed by atoms with E-state index < -0.39 is 17.7 Å². The number of nitrogens with zero attached hydrogens (tertiary/aromatic N) is 2. The largest absolute Gasteiger partial charge is 0.416 e. The van der Waals surface area contributed by atoms with E-state index in [9.17, 15) is 18.0 Å². The highest BCUT2D eigenvalue weighted by atomic mass is 19.4. The van der Waals surface area contributed by atoms with Crippen LogP contribution in [0.1, 0.15) is 65.9 Å². The monoisotopic (exact) mass is 476 g/mol. The van der Waals surface area contributed by atoms with Crippen molar-refractivity contribution in [2.24, 2.45) is 5.41 Å². The molecule has 180 valence electrons. The van der Waals surface area contributed by atoms with Crippen molar-refractivity contribution in [1.82, 2.24) is 9.97 Å². The van der Waals surface area contributed by atoms with Crippen molar-refractivity contribution in [2.75, 3.05) is 0 Å². The van der Waals surface area contributed by atoms with E-state index in [4.69, 9.17) is 0 Å². The van der Waals surface area contributed by atoms with Crippen LogP contribution < -0.4 is 0 Å². The van der Waals surface area contributed by atoms with Gasteiger partial charge in [0.2, 0.25) is 0 Å². The third-order valence-electron chi connectivity index (χ3n) is 5.93. The predicted molar refractivity (Wildman–Crippen MR) is 131 cm³/mol. The first kappa shape index (κ1) is 24.6. The number of pyridine rings is 2. The maximum Gasteiger partial charge on any atom is 0.416 e. The Kier molecular flexibility index (Phi) is 6.75. The van der Waals surface area contributed by atoms with E-state index in [1.807, 2.05) is 36.4 Å². The van der Waals surface area contributed by atoms with Crippen molar-refractivity contribution >= 4 is 16.7 Å². The summed E-state index contributed by atoms with van der Waals surface area (Å²) in [6, 6.07) is 18.0. The highest BCUT2D eigenvalue weighted by Gasteiger charge is 2.31. The lowest BCUT2D eigenvalue weighted by Crippen LogP contribution is -2.17. The van der Waals surface area contributed by atoms with Crippen LogP contribution in [0.4, 0.5) is 13.2 Å². The highest BCUT2D eigenvalue weighted by Crippen LogP contribution is 2.35. The average Bonchev–Trinajstić information content (AvgIpc) is 2.81. The maximum absolute atomic E-state index is 13.4. The number of halogens is 3. The molecule has 0 aliphatic rings. The van der Waals surface area contributed by atoms with Gasteiger partial charge in [-0.3, -0.25) is 14.8 Å². The first-order valence-corrected chi connectivity index (χ1v) is 11.5. The van der Waals surface area contributed by atoms with Gasteiger partial charge in [0.15, 0.2) is 5.78 Å². The van der Waals surface area contributed by atoms with Gasteiger partial charge in [-0.05, 0) is 65.4 Å². The molecule has 0 bridgehead atoms. The van der Waals surface area contributed by atoms with Gasteiger partial charge in [0, 0.05) is 35.7 Å². The normalized spacial score (nSPS) is 13.1. The molecule has 2 aromatic heterocycles. The minimum absolute atomic E-state index is 0.0299. The number of ketones is 1. The van der Waals surface area contributed by atoms with Crippen molar-refractivity contribution in [1.29, 1.82) is 0 Å². The van der Waals surface area contributed by atoms with Gasteiger partial charge >= 0.3 is 6.18 Å². The van der Waals surface area contributed by atoms with Gasteiger partial charge in [0.25, 0.3) is 0 Å². The number of carbonyl (C=O) groups excluding carboxylic acids is 1. The zero-order valence-corrected chi connectivity index (χ0v) is 19.9. The van der Waals surface area contributed by atoms with Crippen LogP contribution in [0.15, 0.2) is 79.1 Å². The lowest BCUT2D eigenvalue weighted by molar-refractivity contribution is -0.137. The standard InChI is InChI=1S/C29H27F3N2O/c1-28(2,3)18-22-7-5-15-34-27(22)24(19-8-11-23(12-9-19)29(30,31)32)17-26(35)21-10-13-25-20(16-21)6-4-14-33-25/h4-16,24H,17-18H2,1-3H3/t24-/m0/s1. The summed E-state index contributed by atoms with van der Waals surface area (Å²) in [6.45, 7) is 6.35. The third kappa shape index (κ3) is 5.94. The van der Waals surface area contributed by atoms with Gasteiger partial charge < -0.3 is 0 Å². The maximum atomic E-state index is 13.4. The van der Waals surface area contributed by atoms with Crippen LogP contribution >= 0.6 is 0 Å². The molecule has 0 saturated carbocycles. The quantitative estimate of drug-likeness (QED) is 0.269. The molecule has 0 radical (unpaired) electrons. The summed E-state index contributed by atoms with van der Waals surface area (Å²) in [6.07, 6.45) is -0.243. The lowest BCUT2D eigenvalue weighted by atomic mass is 9.81. The van der Waals surface area contributed by atoms with Gasteiger partial charge in [-0.25, -0.2) is 0 Å². The van der Waals surface area contributed by atoms with E-state index in [1.54, 1.807) is 18.5 Å². The van der Waals surface area contributed by atoms with Crippen molar-refractivity contribution in [3.63, 3.8) is 0 Å². The van der Waals surface area contributed by atoms with Crippen LogP contribution in [0.5, 0.6) is 0 Å². The predicted octanol–water partition coefficient (Wildman–Crippen LogP) is 7.64. The van der Waals surface area contributed by atoms with Crippen LogP contribution in [0.25, 0.3) is 10.9 Å². The molecule has 6 heteroatoms. The van der Waals surface area contributed by atoms with Crippen LogP contribution in [-0.4, -0.2) is 15.8 Å². The van der Waals surface area contributed by atoms with Crippen molar-refractivity contribution in [2.45, 2.75) is 45.7 Å². The van der Waals surface area contributed by atoms with Gasteiger partial charge in [-0.2, -0.15) is 13.2 Å². The van der Waals surface area contributed by atoms with Crippen LogP contribution in [0.2, 0.25) is 0 Å². The topological polar surface area (TPSA) is 42.9 Å². The summed E-state index contributed by atoms with van der Waals surface area (Å²) in [5.41, 5.74) is 2.92. The molecule has 0 spiro atoms. The molecule has 0 unspecified atom stereocenters. The number of Topliss-reactive ketones (excluding diaryl/α,β-unsaturated/α-hetero) is 1. The minimum atomic E-state index is -4.43. The van der Waals surface area contributed by atoms with E-state index in [-0.39, 0.29) is 17.6 Å². The summed E-state index contributed by atoms with van der Waals surface area (Å²) in [5.74, 6) is -0.582. The second-order valence-electron chi connectivity index (χ2n) is 10.00. The SMILES string of the molecule is CC(C)(C)Cc1cccnc1[C@@H](CC(=O)c1ccc2ncccc2c1)c1ccc(C(F)(F)F)cc1. The molecule has 0 amide bonds. The Bertz CT molecular complexity index is 1340. The van der Waals surface area contributed by atoms with Crippen LogP contribution in [-0.2, 0) is 12.6 Å². The van der Waals surface area contributed by atoms with E-state index >= 15 is 0 Å². The zero-order chi connectivity index (χ0) is 25.2. The second kappa shape index (κ2) is 9.61. The van der Waals surface area contributed by atoms with E-state index in [0.717, 1.165) is 40.7 Å². The molecule has 4 rings (SSSR count). The van der Waals surface area contributed by atoms with Crippen molar-refractivity contribution in [3.8, 4) is 0 Å². The minimum Gasteiger partial charge on any atom is -0.294 e. The van der Waals surface area contributed by atoms with Crippen molar-refractivity contribution < 1.29 is 18.0 Å². The zero-order valence-electron chi connectivity index (χ0n) is 19.9. The molecule has 4 aromatic rings. The Morgan fingerprint density at radius 3 is 2.26 bits per heavy atom. The van der Waals surface area contributed by atoms with Gasteiger partial charge in [-0.1, -0.05) is 45.0 Å². The molecule has 0 aliphatic heterocycles. The summed E-state index contributed by atoms with van der Waals surface area (Å²) >= 11 is 0. The number of hydrogen-bond donors (Lipinski definition) is 0.